The molecule has 1 heterocycles. The van der Waals surface area contributed by atoms with Crippen LogP contribution in [0.1, 0.15) is 34.5 Å². The highest BCUT2D eigenvalue weighted by molar-refractivity contribution is 5.94. The molecule has 0 bridgehead atoms. The van der Waals surface area contributed by atoms with Crippen LogP contribution in [0.5, 0.6) is 0 Å². The second kappa shape index (κ2) is 6.50. The second-order valence-electron chi connectivity index (χ2n) is 6.05. The number of halogens is 1. The fourth-order valence-electron chi connectivity index (χ4n) is 2.81. The van der Waals surface area contributed by atoms with Gasteiger partial charge in [-0.3, -0.25) is 4.79 Å². The number of morpholine rings is 1. The molecule has 0 N–H and O–H groups in total. The molecule has 0 radical (unpaired) electrons. The van der Waals surface area contributed by atoms with Crippen molar-refractivity contribution >= 4 is 5.91 Å². The van der Waals surface area contributed by atoms with Crippen molar-refractivity contribution < 1.29 is 13.9 Å². The number of aryl methyl sites for hydroxylation is 1. The number of hydrogen-bond donors (Lipinski definition) is 0. The maximum atomic E-state index is 13.4. The van der Waals surface area contributed by atoms with Crippen LogP contribution < -0.4 is 0 Å². The average molecular weight is 313 g/mol. The smallest absolute Gasteiger partial charge is 0.254 e. The Morgan fingerprint density at radius 3 is 2.65 bits per heavy atom. The number of nitrogens with zero attached hydrogens (tertiary/aromatic N) is 1. The van der Waals surface area contributed by atoms with Crippen LogP contribution in [0.2, 0.25) is 0 Å². The van der Waals surface area contributed by atoms with Crippen LogP contribution in [0.3, 0.4) is 0 Å². The SMILES string of the molecule is Cc1ccc(C2CN(C(=O)c3cccc(F)c3)C(C)CO2)cc1. The number of hydrogen-bond acceptors (Lipinski definition) is 2. The summed E-state index contributed by atoms with van der Waals surface area (Å²) in [7, 11) is 0. The lowest BCUT2D eigenvalue weighted by Gasteiger charge is -2.38. The van der Waals surface area contributed by atoms with E-state index in [2.05, 4.69) is 0 Å². The summed E-state index contributed by atoms with van der Waals surface area (Å²) in [6.45, 7) is 4.93. The first-order valence-electron chi connectivity index (χ1n) is 7.79. The van der Waals surface area contributed by atoms with E-state index in [1.54, 1.807) is 17.0 Å². The van der Waals surface area contributed by atoms with E-state index in [1.807, 2.05) is 38.1 Å². The van der Waals surface area contributed by atoms with Gasteiger partial charge < -0.3 is 9.64 Å². The molecule has 1 amide bonds. The molecule has 0 spiro atoms. The van der Waals surface area contributed by atoms with Crippen LogP contribution in [0.15, 0.2) is 48.5 Å². The molecule has 1 saturated heterocycles. The molecule has 1 aliphatic heterocycles. The molecule has 2 unspecified atom stereocenters. The van der Waals surface area contributed by atoms with Gasteiger partial charge in [0.05, 0.1) is 19.2 Å². The maximum Gasteiger partial charge on any atom is 0.254 e. The number of benzene rings is 2. The van der Waals surface area contributed by atoms with Gasteiger partial charge in [0.2, 0.25) is 0 Å². The molecule has 3 nitrogen and oxygen atoms in total. The van der Waals surface area contributed by atoms with Crippen LogP contribution >= 0.6 is 0 Å². The lowest BCUT2D eigenvalue weighted by atomic mass is 10.0. The molecular weight excluding hydrogens is 293 g/mol. The number of amides is 1. The first-order valence-corrected chi connectivity index (χ1v) is 7.79. The van der Waals surface area contributed by atoms with E-state index in [0.717, 1.165) is 5.56 Å². The molecule has 3 rings (SSSR count). The van der Waals surface area contributed by atoms with Crippen molar-refractivity contribution in [1.29, 1.82) is 0 Å². The largest absolute Gasteiger partial charge is 0.370 e. The highest BCUT2D eigenvalue weighted by Gasteiger charge is 2.31. The monoisotopic (exact) mass is 313 g/mol. The number of carbonyl (C=O) groups excluding carboxylic acids is 1. The van der Waals surface area contributed by atoms with Crippen LogP contribution in [-0.4, -0.2) is 30.0 Å². The Kier molecular flexibility index (Phi) is 4.44. The summed E-state index contributed by atoms with van der Waals surface area (Å²) < 4.78 is 19.3. The van der Waals surface area contributed by atoms with E-state index in [-0.39, 0.29) is 18.1 Å². The van der Waals surface area contributed by atoms with Crippen LogP contribution in [0.25, 0.3) is 0 Å². The summed E-state index contributed by atoms with van der Waals surface area (Å²) in [6.07, 6.45) is -0.149. The third-order valence-electron chi connectivity index (χ3n) is 4.21. The van der Waals surface area contributed by atoms with Crippen LogP contribution in [-0.2, 0) is 4.74 Å². The molecule has 0 aromatic heterocycles. The molecular formula is C19H20FNO2. The van der Waals surface area contributed by atoms with Gasteiger partial charge in [-0.15, -0.1) is 0 Å². The molecule has 0 aliphatic carbocycles. The van der Waals surface area contributed by atoms with Crippen molar-refractivity contribution in [2.45, 2.75) is 26.0 Å². The first kappa shape index (κ1) is 15.7. The van der Waals surface area contributed by atoms with Gasteiger partial charge in [0, 0.05) is 5.56 Å². The van der Waals surface area contributed by atoms with Crippen LogP contribution in [0.4, 0.5) is 4.39 Å². The van der Waals surface area contributed by atoms with Crippen molar-refractivity contribution in [3.63, 3.8) is 0 Å². The normalized spacial score (nSPS) is 21.3. The Hall–Kier alpha value is -2.20. The summed E-state index contributed by atoms with van der Waals surface area (Å²) in [5.74, 6) is -0.552. The Bertz CT molecular complexity index is 699. The molecule has 4 heteroatoms. The Balaban J connectivity index is 1.80. The molecule has 23 heavy (non-hydrogen) atoms. The number of carbonyl (C=O) groups is 1. The minimum absolute atomic E-state index is 0.0348. The minimum Gasteiger partial charge on any atom is -0.370 e. The number of rotatable bonds is 2. The second-order valence-corrected chi connectivity index (χ2v) is 6.05. The van der Waals surface area contributed by atoms with E-state index in [1.165, 1.54) is 17.7 Å². The summed E-state index contributed by atoms with van der Waals surface area (Å²) in [4.78, 5) is 14.5. The lowest BCUT2D eigenvalue weighted by Crippen LogP contribution is -2.48. The highest BCUT2D eigenvalue weighted by atomic mass is 19.1. The molecule has 1 fully saturated rings. The molecule has 0 saturated carbocycles. The van der Waals surface area contributed by atoms with Gasteiger partial charge in [0.25, 0.3) is 5.91 Å². The van der Waals surface area contributed by atoms with Gasteiger partial charge in [-0.2, -0.15) is 0 Å². The van der Waals surface area contributed by atoms with Crippen molar-refractivity contribution in [2.75, 3.05) is 13.2 Å². The third-order valence-corrected chi connectivity index (χ3v) is 4.21. The average Bonchev–Trinajstić information content (AvgIpc) is 2.55. The molecule has 2 atom stereocenters. The lowest BCUT2D eigenvalue weighted by molar-refractivity contribution is -0.0486. The van der Waals surface area contributed by atoms with Crippen molar-refractivity contribution in [1.82, 2.24) is 4.90 Å². The predicted molar refractivity (Wildman–Crippen MR) is 86.8 cm³/mol. The van der Waals surface area contributed by atoms with Gasteiger partial charge in [-0.25, -0.2) is 4.39 Å². The maximum absolute atomic E-state index is 13.4. The van der Waals surface area contributed by atoms with E-state index >= 15 is 0 Å². The number of ether oxygens (including phenoxy) is 1. The van der Waals surface area contributed by atoms with Crippen molar-refractivity contribution in [3.05, 3.63) is 71.0 Å². The quantitative estimate of drug-likeness (QED) is 0.845. The van der Waals surface area contributed by atoms with E-state index in [9.17, 15) is 9.18 Å². The topological polar surface area (TPSA) is 29.5 Å². The van der Waals surface area contributed by atoms with Crippen molar-refractivity contribution in [2.24, 2.45) is 0 Å². The summed E-state index contributed by atoms with van der Waals surface area (Å²) in [5, 5.41) is 0. The Labute approximate surface area is 135 Å². The van der Waals surface area contributed by atoms with Gasteiger partial charge >= 0.3 is 0 Å². The van der Waals surface area contributed by atoms with E-state index in [4.69, 9.17) is 4.74 Å². The van der Waals surface area contributed by atoms with E-state index in [0.29, 0.717) is 18.7 Å². The van der Waals surface area contributed by atoms with Gasteiger partial charge in [0.1, 0.15) is 11.9 Å². The van der Waals surface area contributed by atoms with Gasteiger partial charge in [-0.05, 0) is 37.6 Å². The molecule has 2 aromatic carbocycles. The zero-order valence-electron chi connectivity index (χ0n) is 13.3. The van der Waals surface area contributed by atoms with Crippen LogP contribution in [0, 0.1) is 12.7 Å². The third kappa shape index (κ3) is 3.42. The summed E-state index contributed by atoms with van der Waals surface area (Å²) >= 11 is 0. The molecule has 1 aliphatic rings. The first-order chi connectivity index (χ1) is 11.0. The molecule has 2 aromatic rings. The highest BCUT2D eigenvalue weighted by Crippen LogP contribution is 2.26. The van der Waals surface area contributed by atoms with E-state index < -0.39 is 5.82 Å². The van der Waals surface area contributed by atoms with Gasteiger partial charge in [-0.1, -0.05) is 35.9 Å². The predicted octanol–water partition coefficient (Wildman–Crippen LogP) is 3.74. The zero-order valence-corrected chi connectivity index (χ0v) is 13.3. The summed E-state index contributed by atoms with van der Waals surface area (Å²) in [5.41, 5.74) is 2.62. The zero-order chi connectivity index (χ0) is 16.4. The Morgan fingerprint density at radius 1 is 1.22 bits per heavy atom. The summed E-state index contributed by atoms with van der Waals surface area (Å²) in [6, 6.07) is 13.9. The molecule has 120 valence electrons. The fraction of sp³-hybridized carbons (Fsp3) is 0.316. The Morgan fingerprint density at radius 2 is 1.96 bits per heavy atom. The van der Waals surface area contributed by atoms with Gasteiger partial charge in [0.15, 0.2) is 0 Å². The van der Waals surface area contributed by atoms with Crippen molar-refractivity contribution in [3.8, 4) is 0 Å². The standard InChI is InChI=1S/C19H20FNO2/c1-13-6-8-15(9-7-13)18-11-21(14(2)12-23-18)19(22)16-4-3-5-17(20)10-16/h3-10,14,18H,11-12H2,1-2H3. The minimum atomic E-state index is -0.396. The fourth-order valence-corrected chi connectivity index (χ4v) is 2.81.